The number of anilines is 1. The zero-order valence-electron chi connectivity index (χ0n) is 22.4. The van der Waals surface area contributed by atoms with Crippen molar-refractivity contribution in [1.29, 1.82) is 5.26 Å². The van der Waals surface area contributed by atoms with Crippen LogP contribution in [0.2, 0.25) is 0 Å². The second-order valence-corrected chi connectivity index (χ2v) is 10.5. The van der Waals surface area contributed by atoms with Gasteiger partial charge in [-0.1, -0.05) is 44.0 Å². The minimum absolute atomic E-state index is 0.0165. The molecule has 3 amide bonds. The number of rotatable bonds is 8. The van der Waals surface area contributed by atoms with Crippen LogP contribution in [0, 0.1) is 24.2 Å². The highest BCUT2D eigenvalue weighted by Gasteiger charge is 2.25. The Morgan fingerprint density at radius 1 is 0.974 bits per heavy atom. The molecule has 0 bridgehead atoms. The summed E-state index contributed by atoms with van der Waals surface area (Å²) in [5.41, 5.74) is 5.08. The molecule has 1 saturated carbocycles. The van der Waals surface area contributed by atoms with Crippen molar-refractivity contribution in [3.8, 4) is 6.07 Å². The summed E-state index contributed by atoms with van der Waals surface area (Å²) in [5, 5.41) is 18.2. The summed E-state index contributed by atoms with van der Waals surface area (Å²) in [6.07, 6.45) is 8.02. The highest BCUT2D eigenvalue weighted by molar-refractivity contribution is 5.97. The second-order valence-electron chi connectivity index (χ2n) is 10.5. The van der Waals surface area contributed by atoms with Crippen molar-refractivity contribution >= 4 is 17.6 Å². The Balaban J connectivity index is 1.24. The van der Waals surface area contributed by atoms with Gasteiger partial charge in [0.1, 0.15) is 0 Å². The molecule has 2 fully saturated rings. The SMILES string of the molecule is C=C(NCCNC(=O)Nc1cc(C(=O)N2CCC(c3ccc(C#N)cc3)CC2)ccc1C)C1CCCCC1. The second kappa shape index (κ2) is 13.1. The molecule has 2 aliphatic rings. The van der Waals surface area contributed by atoms with Gasteiger partial charge in [-0.15, -0.1) is 0 Å². The van der Waals surface area contributed by atoms with Gasteiger partial charge >= 0.3 is 6.03 Å². The molecule has 1 aliphatic heterocycles. The van der Waals surface area contributed by atoms with Crippen LogP contribution in [0.4, 0.5) is 10.5 Å². The number of carbonyl (C=O) groups is 2. The maximum atomic E-state index is 13.2. The summed E-state index contributed by atoms with van der Waals surface area (Å²) in [4.78, 5) is 27.6. The third-order valence-electron chi connectivity index (χ3n) is 7.89. The topological polar surface area (TPSA) is 97.3 Å². The molecule has 1 aliphatic carbocycles. The number of nitrogens with zero attached hydrogens (tertiary/aromatic N) is 2. The molecule has 2 aromatic rings. The molecular weight excluding hydrogens is 474 g/mol. The van der Waals surface area contributed by atoms with Crippen LogP contribution in [0.25, 0.3) is 0 Å². The summed E-state index contributed by atoms with van der Waals surface area (Å²) < 4.78 is 0. The Morgan fingerprint density at radius 3 is 2.34 bits per heavy atom. The van der Waals surface area contributed by atoms with Crippen molar-refractivity contribution in [2.24, 2.45) is 5.92 Å². The van der Waals surface area contributed by atoms with Gasteiger partial charge in [-0.3, -0.25) is 4.79 Å². The molecule has 0 spiro atoms. The van der Waals surface area contributed by atoms with Gasteiger partial charge in [0.25, 0.3) is 5.91 Å². The lowest BCUT2D eigenvalue weighted by atomic mass is 9.87. The lowest BCUT2D eigenvalue weighted by molar-refractivity contribution is 0.0713. The van der Waals surface area contributed by atoms with Crippen LogP contribution in [0.15, 0.2) is 54.7 Å². The third kappa shape index (κ3) is 7.16. The van der Waals surface area contributed by atoms with Gasteiger partial charge < -0.3 is 20.9 Å². The molecule has 0 aromatic heterocycles. The smallest absolute Gasteiger partial charge is 0.319 e. The van der Waals surface area contributed by atoms with Crippen molar-refractivity contribution in [3.63, 3.8) is 0 Å². The first-order valence-electron chi connectivity index (χ1n) is 13.8. The number of aryl methyl sites for hydroxylation is 1. The summed E-state index contributed by atoms with van der Waals surface area (Å²) in [6.45, 7) is 8.59. The lowest BCUT2D eigenvalue weighted by Crippen LogP contribution is -2.38. The van der Waals surface area contributed by atoms with Gasteiger partial charge in [0.15, 0.2) is 0 Å². The predicted molar refractivity (Wildman–Crippen MR) is 151 cm³/mol. The van der Waals surface area contributed by atoms with Gasteiger partial charge in [0, 0.05) is 43.1 Å². The van der Waals surface area contributed by atoms with E-state index in [0.29, 0.717) is 54.8 Å². The summed E-state index contributed by atoms with van der Waals surface area (Å²) in [5.74, 6) is 0.916. The number of allylic oxidation sites excluding steroid dienone is 1. The molecule has 3 N–H and O–H groups in total. The van der Waals surface area contributed by atoms with Crippen LogP contribution in [0.5, 0.6) is 0 Å². The van der Waals surface area contributed by atoms with E-state index in [9.17, 15) is 9.59 Å². The minimum atomic E-state index is -0.286. The number of benzene rings is 2. The molecule has 200 valence electrons. The molecule has 38 heavy (non-hydrogen) atoms. The summed E-state index contributed by atoms with van der Waals surface area (Å²) >= 11 is 0. The molecular formula is C31H39N5O2. The number of nitriles is 1. The largest absolute Gasteiger partial charge is 0.387 e. The van der Waals surface area contributed by atoms with E-state index in [0.717, 1.165) is 24.1 Å². The maximum Gasteiger partial charge on any atom is 0.319 e. The fraction of sp³-hybridized carbons (Fsp3) is 0.452. The quantitative estimate of drug-likeness (QED) is 0.395. The highest BCUT2D eigenvalue weighted by Crippen LogP contribution is 2.30. The fourth-order valence-electron chi connectivity index (χ4n) is 5.48. The van der Waals surface area contributed by atoms with Crippen LogP contribution in [0.1, 0.15) is 77.9 Å². The van der Waals surface area contributed by atoms with E-state index >= 15 is 0 Å². The number of piperidine rings is 1. The molecule has 1 heterocycles. The molecule has 2 aromatic carbocycles. The average molecular weight is 514 g/mol. The van der Waals surface area contributed by atoms with E-state index in [1.807, 2.05) is 48.2 Å². The van der Waals surface area contributed by atoms with Gasteiger partial charge in [0.2, 0.25) is 0 Å². The fourth-order valence-corrected chi connectivity index (χ4v) is 5.48. The van der Waals surface area contributed by atoms with E-state index in [-0.39, 0.29) is 11.9 Å². The molecule has 4 rings (SSSR count). The summed E-state index contributed by atoms with van der Waals surface area (Å²) in [7, 11) is 0. The molecule has 0 unspecified atom stereocenters. The number of hydrogen-bond acceptors (Lipinski definition) is 4. The van der Waals surface area contributed by atoms with E-state index in [1.165, 1.54) is 37.7 Å². The summed E-state index contributed by atoms with van der Waals surface area (Å²) in [6, 6.07) is 15.1. The van der Waals surface area contributed by atoms with Crippen LogP contribution >= 0.6 is 0 Å². The van der Waals surface area contributed by atoms with E-state index in [1.54, 1.807) is 6.07 Å². The Kier molecular flexibility index (Phi) is 9.42. The molecule has 1 saturated heterocycles. The lowest BCUT2D eigenvalue weighted by Gasteiger charge is -2.32. The number of likely N-dealkylation sites (tertiary alicyclic amines) is 1. The normalized spacial score (nSPS) is 16.4. The van der Waals surface area contributed by atoms with Gasteiger partial charge in [-0.25, -0.2) is 4.79 Å². The Bertz CT molecular complexity index is 1170. The van der Waals surface area contributed by atoms with Crippen molar-refractivity contribution in [2.45, 2.75) is 57.8 Å². The van der Waals surface area contributed by atoms with E-state index < -0.39 is 0 Å². The number of amides is 3. The first-order chi connectivity index (χ1) is 18.4. The van der Waals surface area contributed by atoms with Crippen LogP contribution in [-0.2, 0) is 0 Å². The van der Waals surface area contributed by atoms with Gasteiger partial charge in [-0.05, 0) is 79.8 Å². The van der Waals surface area contributed by atoms with Crippen molar-refractivity contribution < 1.29 is 9.59 Å². The zero-order chi connectivity index (χ0) is 26.9. The van der Waals surface area contributed by atoms with Crippen LogP contribution in [-0.4, -0.2) is 43.0 Å². The number of nitrogens with one attached hydrogen (secondary N) is 3. The Hall–Kier alpha value is -3.79. The highest BCUT2D eigenvalue weighted by atomic mass is 16.2. The molecule has 0 radical (unpaired) electrons. The van der Waals surface area contributed by atoms with Crippen molar-refractivity contribution in [1.82, 2.24) is 15.5 Å². The molecule has 0 atom stereocenters. The monoisotopic (exact) mass is 513 g/mol. The van der Waals surface area contributed by atoms with Crippen molar-refractivity contribution in [2.75, 3.05) is 31.5 Å². The number of hydrogen-bond donors (Lipinski definition) is 3. The van der Waals surface area contributed by atoms with E-state index in [4.69, 9.17) is 5.26 Å². The first-order valence-corrected chi connectivity index (χ1v) is 13.8. The molecule has 7 nitrogen and oxygen atoms in total. The number of carbonyl (C=O) groups excluding carboxylic acids is 2. The Labute approximate surface area is 226 Å². The molecule has 7 heteroatoms. The predicted octanol–water partition coefficient (Wildman–Crippen LogP) is 5.69. The van der Waals surface area contributed by atoms with Crippen molar-refractivity contribution in [3.05, 3.63) is 77.0 Å². The minimum Gasteiger partial charge on any atom is -0.387 e. The third-order valence-corrected chi connectivity index (χ3v) is 7.89. The van der Waals surface area contributed by atoms with Crippen LogP contribution in [0.3, 0.4) is 0 Å². The zero-order valence-corrected chi connectivity index (χ0v) is 22.4. The van der Waals surface area contributed by atoms with E-state index in [2.05, 4.69) is 28.6 Å². The number of urea groups is 1. The standard InChI is InChI=1S/C31H39N5O2/c1-22-8-11-28(30(37)36-18-14-27(15-19-36)26-12-9-24(21-32)10-13-26)20-29(22)35-31(38)34-17-16-33-23(2)25-6-4-3-5-7-25/h8-13,20,25,27,33H,2-7,14-19H2,1H3,(H2,34,35,38). The van der Waals surface area contributed by atoms with Crippen LogP contribution < -0.4 is 16.0 Å². The average Bonchev–Trinajstić information content (AvgIpc) is 2.96. The first kappa shape index (κ1) is 27.3. The van der Waals surface area contributed by atoms with Gasteiger partial charge in [0.05, 0.1) is 11.6 Å². The van der Waals surface area contributed by atoms with Gasteiger partial charge in [-0.2, -0.15) is 5.26 Å². The maximum absolute atomic E-state index is 13.2. The Morgan fingerprint density at radius 2 is 1.66 bits per heavy atom.